The van der Waals surface area contributed by atoms with E-state index < -0.39 is 0 Å². The zero-order valence-corrected chi connectivity index (χ0v) is 15.8. The lowest BCUT2D eigenvalue weighted by atomic mass is 10.1. The van der Waals surface area contributed by atoms with Crippen LogP contribution < -0.4 is 16.0 Å². The van der Waals surface area contributed by atoms with E-state index in [1.807, 2.05) is 45.9 Å². The number of nitrogens with one attached hydrogen (secondary N) is 3. The standard InChI is InChI=1S/C17H24N6OS/c1-5-18-15-21-16(19-6-2)23-17(22-15)25-10-14(24)20-13-9-7-8-11(3)12(13)4/h7-9H,5-6,10H2,1-4H3,(H,20,24)(H2,18,19,21,22,23). The van der Waals surface area contributed by atoms with Gasteiger partial charge >= 0.3 is 0 Å². The van der Waals surface area contributed by atoms with E-state index in [-0.39, 0.29) is 11.7 Å². The SMILES string of the molecule is CCNc1nc(NCC)nc(SCC(=O)Nc2cccc(C)c2C)n1. The number of carbonyl (C=O) groups excluding carboxylic acids is 1. The van der Waals surface area contributed by atoms with Gasteiger partial charge < -0.3 is 16.0 Å². The number of aromatic nitrogens is 3. The number of benzene rings is 1. The molecule has 1 aromatic heterocycles. The van der Waals surface area contributed by atoms with Crippen molar-refractivity contribution in [3.05, 3.63) is 29.3 Å². The number of nitrogens with zero attached hydrogens (tertiary/aromatic N) is 3. The quantitative estimate of drug-likeness (QED) is 0.623. The van der Waals surface area contributed by atoms with Gasteiger partial charge in [-0.15, -0.1) is 0 Å². The average molecular weight is 360 g/mol. The highest BCUT2D eigenvalue weighted by Crippen LogP contribution is 2.20. The summed E-state index contributed by atoms with van der Waals surface area (Å²) in [7, 11) is 0. The van der Waals surface area contributed by atoms with E-state index in [2.05, 4.69) is 30.9 Å². The number of thioether (sulfide) groups is 1. The minimum absolute atomic E-state index is 0.0888. The molecular formula is C17H24N6OS. The maximum absolute atomic E-state index is 12.2. The topological polar surface area (TPSA) is 91.8 Å². The van der Waals surface area contributed by atoms with Crippen molar-refractivity contribution in [1.82, 2.24) is 15.0 Å². The molecule has 2 rings (SSSR count). The Morgan fingerprint density at radius 3 is 2.28 bits per heavy atom. The van der Waals surface area contributed by atoms with E-state index in [9.17, 15) is 4.79 Å². The maximum atomic E-state index is 12.2. The Bertz CT molecular complexity index is 713. The summed E-state index contributed by atoms with van der Waals surface area (Å²) in [4.78, 5) is 25.2. The third kappa shape index (κ3) is 5.60. The molecule has 0 aliphatic rings. The third-order valence-corrected chi connectivity index (χ3v) is 4.34. The smallest absolute Gasteiger partial charge is 0.234 e. The van der Waals surface area contributed by atoms with Crippen LogP contribution in [0.1, 0.15) is 25.0 Å². The predicted octanol–water partition coefficient (Wildman–Crippen LogP) is 3.08. The molecule has 0 saturated carbocycles. The number of hydrogen-bond acceptors (Lipinski definition) is 7. The monoisotopic (exact) mass is 360 g/mol. The van der Waals surface area contributed by atoms with E-state index >= 15 is 0 Å². The van der Waals surface area contributed by atoms with Crippen LogP contribution in [0, 0.1) is 13.8 Å². The molecule has 0 radical (unpaired) electrons. The number of anilines is 3. The number of rotatable bonds is 8. The van der Waals surface area contributed by atoms with Crippen LogP contribution in [0.4, 0.5) is 17.6 Å². The molecule has 0 atom stereocenters. The molecule has 3 N–H and O–H groups in total. The normalized spacial score (nSPS) is 10.4. The molecule has 8 heteroatoms. The van der Waals surface area contributed by atoms with Crippen LogP contribution in [0.3, 0.4) is 0 Å². The lowest BCUT2D eigenvalue weighted by Crippen LogP contribution is -2.16. The molecule has 1 aromatic carbocycles. The number of amides is 1. The molecule has 1 amide bonds. The zero-order chi connectivity index (χ0) is 18.2. The number of carbonyl (C=O) groups is 1. The van der Waals surface area contributed by atoms with Gasteiger partial charge in [0.1, 0.15) is 0 Å². The Labute approximate surface area is 152 Å². The van der Waals surface area contributed by atoms with Crippen molar-refractivity contribution < 1.29 is 4.79 Å². The molecule has 0 saturated heterocycles. The molecule has 0 spiro atoms. The van der Waals surface area contributed by atoms with Crippen LogP contribution in [0.5, 0.6) is 0 Å². The van der Waals surface area contributed by atoms with Crippen LogP contribution >= 0.6 is 11.8 Å². The van der Waals surface area contributed by atoms with Gasteiger partial charge in [-0.2, -0.15) is 15.0 Å². The molecule has 0 fully saturated rings. The Morgan fingerprint density at radius 2 is 1.68 bits per heavy atom. The van der Waals surface area contributed by atoms with E-state index in [1.54, 1.807) is 0 Å². The van der Waals surface area contributed by atoms with Crippen molar-refractivity contribution in [1.29, 1.82) is 0 Å². The summed E-state index contributed by atoms with van der Waals surface area (Å²) in [5.41, 5.74) is 3.06. The lowest BCUT2D eigenvalue weighted by molar-refractivity contribution is -0.113. The summed E-state index contributed by atoms with van der Waals surface area (Å²) in [5.74, 6) is 1.15. The first-order chi connectivity index (χ1) is 12.0. The highest BCUT2D eigenvalue weighted by molar-refractivity contribution is 7.99. The third-order valence-electron chi connectivity index (χ3n) is 3.50. The Hall–Kier alpha value is -2.35. The molecule has 7 nitrogen and oxygen atoms in total. The first-order valence-electron chi connectivity index (χ1n) is 8.26. The van der Waals surface area contributed by atoms with Gasteiger partial charge in [0.15, 0.2) is 5.16 Å². The summed E-state index contributed by atoms with van der Waals surface area (Å²) in [6, 6.07) is 5.86. The molecule has 0 aliphatic carbocycles. The molecule has 0 unspecified atom stereocenters. The summed E-state index contributed by atoms with van der Waals surface area (Å²) in [5, 5.41) is 9.59. The highest BCUT2D eigenvalue weighted by Gasteiger charge is 2.10. The van der Waals surface area contributed by atoms with Crippen LogP contribution in [0.15, 0.2) is 23.4 Å². The van der Waals surface area contributed by atoms with Crippen molar-refractivity contribution >= 4 is 35.3 Å². The van der Waals surface area contributed by atoms with Crippen LogP contribution in [0.2, 0.25) is 0 Å². The maximum Gasteiger partial charge on any atom is 0.234 e. The van der Waals surface area contributed by atoms with Crippen molar-refractivity contribution in [2.45, 2.75) is 32.9 Å². The Morgan fingerprint density at radius 1 is 1.04 bits per heavy atom. The van der Waals surface area contributed by atoms with Gasteiger partial charge in [0.25, 0.3) is 0 Å². The molecular weight excluding hydrogens is 336 g/mol. The highest BCUT2D eigenvalue weighted by atomic mass is 32.2. The molecule has 0 aliphatic heterocycles. The predicted molar refractivity (Wildman–Crippen MR) is 103 cm³/mol. The fourth-order valence-corrected chi connectivity index (χ4v) is 2.73. The second kappa shape index (κ2) is 9.22. The second-order valence-electron chi connectivity index (χ2n) is 5.41. The summed E-state index contributed by atoms with van der Waals surface area (Å²) < 4.78 is 0. The van der Waals surface area contributed by atoms with Gasteiger partial charge in [0, 0.05) is 18.8 Å². The van der Waals surface area contributed by atoms with Gasteiger partial charge in [0.05, 0.1) is 5.75 Å². The fourth-order valence-electron chi connectivity index (χ4n) is 2.10. The summed E-state index contributed by atoms with van der Waals surface area (Å²) in [6.45, 7) is 9.40. The minimum Gasteiger partial charge on any atom is -0.354 e. The van der Waals surface area contributed by atoms with Crippen molar-refractivity contribution in [2.24, 2.45) is 0 Å². The van der Waals surface area contributed by atoms with Crippen LogP contribution in [0.25, 0.3) is 0 Å². The zero-order valence-electron chi connectivity index (χ0n) is 15.0. The number of aryl methyl sites for hydroxylation is 1. The molecule has 1 heterocycles. The molecule has 0 bridgehead atoms. The Kier molecular flexibility index (Phi) is 7.00. The second-order valence-corrected chi connectivity index (χ2v) is 6.35. The average Bonchev–Trinajstić information content (AvgIpc) is 2.58. The van der Waals surface area contributed by atoms with Gasteiger partial charge in [-0.1, -0.05) is 23.9 Å². The summed E-state index contributed by atoms with van der Waals surface area (Å²) in [6.07, 6.45) is 0. The Balaban J connectivity index is 2.02. The van der Waals surface area contributed by atoms with Crippen molar-refractivity contribution in [3.8, 4) is 0 Å². The first-order valence-corrected chi connectivity index (χ1v) is 9.24. The number of hydrogen-bond donors (Lipinski definition) is 3. The summed E-state index contributed by atoms with van der Waals surface area (Å²) >= 11 is 1.28. The van der Waals surface area contributed by atoms with E-state index in [1.165, 1.54) is 11.8 Å². The van der Waals surface area contributed by atoms with Crippen LogP contribution in [-0.4, -0.2) is 39.7 Å². The van der Waals surface area contributed by atoms with Crippen molar-refractivity contribution in [2.75, 3.05) is 34.8 Å². The fraction of sp³-hybridized carbons (Fsp3) is 0.412. The van der Waals surface area contributed by atoms with Gasteiger partial charge in [-0.05, 0) is 44.9 Å². The largest absolute Gasteiger partial charge is 0.354 e. The van der Waals surface area contributed by atoms with Crippen molar-refractivity contribution in [3.63, 3.8) is 0 Å². The van der Waals surface area contributed by atoms with Crippen LogP contribution in [-0.2, 0) is 4.79 Å². The minimum atomic E-state index is -0.0888. The molecule has 134 valence electrons. The van der Waals surface area contributed by atoms with E-state index in [4.69, 9.17) is 0 Å². The van der Waals surface area contributed by atoms with E-state index in [0.29, 0.717) is 30.1 Å². The molecule has 25 heavy (non-hydrogen) atoms. The van der Waals surface area contributed by atoms with Gasteiger partial charge in [-0.3, -0.25) is 4.79 Å². The van der Waals surface area contributed by atoms with E-state index in [0.717, 1.165) is 16.8 Å². The van der Waals surface area contributed by atoms with Gasteiger partial charge in [0.2, 0.25) is 17.8 Å². The molecule has 2 aromatic rings. The van der Waals surface area contributed by atoms with Gasteiger partial charge in [-0.25, -0.2) is 0 Å². The first kappa shape index (κ1) is 19.0. The lowest BCUT2D eigenvalue weighted by Gasteiger charge is -2.10.